The van der Waals surface area contributed by atoms with Crippen LogP contribution in [0.3, 0.4) is 0 Å². The monoisotopic (exact) mass is 212 g/mol. The van der Waals surface area contributed by atoms with Crippen LogP contribution in [0.15, 0.2) is 0 Å². The molecule has 0 bridgehead atoms. The molecule has 1 N–H and O–H groups in total. The minimum atomic E-state index is -0.345. The highest BCUT2D eigenvalue weighted by Gasteiger charge is 2.24. The average Bonchev–Trinajstić information content (AvgIpc) is 2.27. The van der Waals surface area contributed by atoms with Gasteiger partial charge < -0.3 is 5.32 Å². The van der Waals surface area contributed by atoms with Crippen molar-refractivity contribution in [3.8, 4) is 6.07 Å². The van der Waals surface area contributed by atoms with Gasteiger partial charge in [0, 0.05) is 11.0 Å². The molecule has 3 heteroatoms. The van der Waals surface area contributed by atoms with Gasteiger partial charge >= 0.3 is 0 Å². The second-order valence-corrected chi connectivity index (χ2v) is 5.55. The van der Waals surface area contributed by atoms with E-state index in [0.29, 0.717) is 0 Å². The maximum atomic E-state index is 8.99. The second kappa shape index (κ2) is 5.63. The molecule has 1 fully saturated rings. The number of thioether (sulfide) groups is 1. The summed E-state index contributed by atoms with van der Waals surface area (Å²) in [6, 6.07) is 2.34. The third-order valence-electron chi connectivity index (χ3n) is 2.96. The van der Waals surface area contributed by atoms with Crippen molar-refractivity contribution in [3.05, 3.63) is 0 Å². The zero-order valence-corrected chi connectivity index (χ0v) is 9.99. The van der Waals surface area contributed by atoms with Gasteiger partial charge in [-0.3, -0.25) is 0 Å². The molecular formula is C11H20N2S. The molecule has 1 saturated carbocycles. The van der Waals surface area contributed by atoms with E-state index in [0.717, 1.165) is 11.0 Å². The van der Waals surface area contributed by atoms with Gasteiger partial charge in [0.1, 0.15) is 5.54 Å². The highest BCUT2D eigenvalue weighted by molar-refractivity contribution is 8.00. The van der Waals surface area contributed by atoms with Gasteiger partial charge in [0.25, 0.3) is 0 Å². The Bertz CT molecular complexity index is 206. The summed E-state index contributed by atoms with van der Waals surface area (Å²) in [7, 11) is 1.87. The molecule has 0 aromatic carbocycles. The largest absolute Gasteiger partial charge is 0.302 e. The standard InChI is InChI=1S/C11H20N2S/c1-11(8-12,13-2)9-14-10-6-4-3-5-7-10/h10,13H,3-7,9H2,1-2H3. The van der Waals surface area contributed by atoms with Crippen molar-refractivity contribution in [1.29, 1.82) is 5.26 Å². The van der Waals surface area contributed by atoms with Crippen molar-refractivity contribution in [3.63, 3.8) is 0 Å². The number of nitrogens with one attached hydrogen (secondary N) is 1. The maximum Gasteiger partial charge on any atom is 0.112 e. The highest BCUT2D eigenvalue weighted by atomic mass is 32.2. The Hall–Kier alpha value is -0.200. The van der Waals surface area contributed by atoms with Crippen LogP contribution in [0.25, 0.3) is 0 Å². The molecule has 1 rings (SSSR count). The third-order valence-corrected chi connectivity index (χ3v) is 4.65. The Balaban J connectivity index is 2.28. The van der Waals surface area contributed by atoms with Crippen molar-refractivity contribution in [2.75, 3.05) is 12.8 Å². The molecule has 1 atom stereocenters. The fourth-order valence-electron chi connectivity index (χ4n) is 1.68. The Kier molecular flexibility index (Phi) is 4.77. The normalized spacial score (nSPS) is 22.6. The van der Waals surface area contributed by atoms with Crippen LogP contribution in [0.1, 0.15) is 39.0 Å². The number of rotatable bonds is 4. The first-order valence-electron chi connectivity index (χ1n) is 5.42. The molecule has 0 saturated heterocycles. The number of nitrogens with zero attached hydrogens (tertiary/aromatic N) is 1. The summed E-state index contributed by atoms with van der Waals surface area (Å²) < 4.78 is 0. The average molecular weight is 212 g/mol. The Morgan fingerprint density at radius 1 is 1.43 bits per heavy atom. The minimum absolute atomic E-state index is 0.345. The molecule has 14 heavy (non-hydrogen) atoms. The predicted molar refractivity (Wildman–Crippen MR) is 62.4 cm³/mol. The lowest BCUT2D eigenvalue weighted by atomic mass is 10.0. The maximum absolute atomic E-state index is 8.99. The molecule has 0 spiro atoms. The van der Waals surface area contributed by atoms with E-state index in [1.807, 2.05) is 25.7 Å². The molecule has 2 nitrogen and oxygen atoms in total. The topological polar surface area (TPSA) is 35.8 Å². The molecule has 1 aliphatic carbocycles. The smallest absolute Gasteiger partial charge is 0.112 e. The predicted octanol–water partition coefficient (Wildman–Crippen LogP) is 2.55. The van der Waals surface area contributed by atoms with Crippen LogP contribution in [0, 0.1) is 11.3 Å². The minimum Gasteiger partial charge on any atom is -0.302 e. The summed E-state index contributed by atoms with van der Waals surface area (Å²) >= 11 is 1.97. The number of hydrogen-bond acceptors (Lipinski definition) is 3. The van der Waals surface area contributed by atoms with E-state index in [2.05, 4.69) is 11.4 Å². The third kappa shape index (κ3) is 3.51. The van der Waals surface area contributed by atoms with Gasteiger partial charge in [-0.2, -0.15) is 17.0 Å². The molecule has 0 aromatic heterocycles. The quantitative estimate of drug-likeness (QED) is 0.778. The van der Waals surface area contributed by atoms with E-state index >= 15 is 0 Å². The van der Waals surface area contributed by atoms with E-state index in [1.54, 1.807) is 0 Å². The molecule has 0 aromatic rings. The zero-order valence-electron chi connectivity index (χ0n) is 9.18. The molecular weight excluding hydrogens is 192 g/mol. The van der Waals surface area contributed by atoms with Gasteiger partial charge in [-0.05, 0) is 26.8 Å². The van der Waals surface area contributed by atoms with Crippen molar-refractivity contribution >= 4 is 11.8 Å². The molecule has 0 radical (unpaired) electrons. The first-order valence-corrected chi connectivity index (χ1v) is 6.47. The van der Waals surface area contributed by atoms with Crippen molar-refractivity contribution in [2.24, 2.45) is 0 Å². The van der Waals surface area contributed by atoms with Crippen molar-refractivity contribution in [2.45, 2.75) is 49.8 Å². The van der Waals surface area contributed by atoms with Gasteiger partial charge in [-0.1, -0.05) is 19.3 Å². The lowest BCUT2D eigenvalue weighted by Crippen LogP contribution is -2.41. The second-order valence-electron chi connectivity index (χ2n) is 4.26. The summed E-state index contributed by atoms with van der Waals surface area (Å²) in [5.74, 6) is 0.907. The van der Waals surface area contributed by atoms with Gasteiger partial charge in [-0.15, -0.1) is 0 Å². The summed E-state index contributed by atoms with van der Waals surface area (Å²) in [6.45, 7) is 1.98. The lowest BCUT2D eigenvalue weighted by Gasteiger charge is -2.26. The van der Waals surface area contributed by atoms with Crippen LogP contribution in [-0.4, -0.2) is 23.6 Å². The van der Waals surface area contributed by atoms with E-state index in [1.165, 1.54) is 32.1 Å². The summed E-state index contributed by atoms with van der Waals surface area (Å²) in [5, 5.41) is 12.9. The summed E-state index contributed by atoms with van der Waals surface area (Å²) in [6.07, 6.45) is 6.84. The fourth-order valence-corrected chi connectivity index (χ4v) is 3.12. The van der Waals surface area contributed by atoms with Crippen LogP contribution in [-0.2, 0) is 0 Å². The van der Waals surface area contributed by atoms with Crippen LogP contribution < -0.4 is 5.32 Å². The van der Waals surface area contributed by atoms with Crippen LogP contribution in [0.2, 0.25) is 0 Å². The Labute approximate surface area is 91.4 Å². The molecule has 0 aliphatic heterocycles. The van der Waals surface area contributed by atoms with Crippen LogP contribution >= 0.6 is 11.8 Å². The molecule has 0 heterocycles. The van der Waals surface area contributed by atoms with Gasteiger partial charge in [0.15, 0.2) is 0 Å². The SMILES string of the molecule is CNC(C)(C#N)CSC1CCCCC1. The number of hydrogen-bond donors (Lipinski definition) is 1. The molecule has 80 valence electrons. The summed E-state index contributed by atoms with van der Waals surface area (Å²) in [4.78, 5) is 0. The van der Waals surface area contributed by atoms with Crippen molar-refractivity contribution < 1.29 is 0 Å². The first kappa shape index (κ1) is 11.9. The van der Waals surface area contributed by atoms with Gasteiger partial charge in [-0.25, -0.2) is 0 Å². The Morgan fingerprint density at radius 3 is 2.57 bits per heavy atom. The first-order chi connectivity index (χ1) is 6.70. The van der Waals surface area contributed by atoms with Crippen LogP contribution in [0.5, 0.6) is 0 Å². The van der Waals surface area contributed by atoms with Crippen LogP contribution in [0.4, 0.5) is 0 Å². The highest BCUT2D eigenvalue weighted by Crippen LogP contribution is 2.29. The summed E-state index contributed by atoms with van der Waals surface area (Å²) in [5.41, 5.74) is -0.345. The van der Waals surface area contributed by atoms with Gasteiger partial charge in [0.05, 0.1) is 6.07 Å². The molecule has 1 unspecified atom stereocenters. The van der Waals surface area contributed by atoms with E-state index in [-0.39, 0.29) is 5.54 Å². The Morgan fingerprint density at radius 2 is 2.07 bits per heavy atom. The van der Waals surface area contributed by atoms with E-state index in [4.69, 9.17) is 5.26 Å². The molecule has 1 aliphatic rings. The van der Waals surface area contributed by atoms with E-state index < -0.39 is 0 Å². The fraction of sp³-hybridized carbons (Fsp3) is 0.909. The number of nitriles is 1. The van der Waals surface area contributed by atoms with Crippen molar-refractivity contribution in [1.82, 2.24) is 5.32 Å². The zero-order chi connectivity index (χ0) is 10.4. The molecule has 0 amide bonds. The van der Waals surface area contributed by atoms with Gasteiger partial charge in [0.2, 0.25) is 0 Å². The van der Waals surface area contributed by atoms with E-state index in [9.17, 15) is 0 Å². The lowest BCUT2D eigenvalue weighted by molar-refractivity contribution is 0.510.